The van der Waals surface area contributed by atoms with Gasteiger partial charge in [0.05, 0.1) is 17.6 Å². The maximum atomic E-state index is 13.5. The van der Waals surface area contributed by atoms with Crippen molar-refractivity contribution >= 4 is 33.4 Å². The van der Waals surface area contributed by atoms with Gasteiger partial charge >= 0.3 is 0 Å². The Bertz CT molecular complexity index is 929. The molecule has 5 rings (SSSR count). The Balaban J connectivity index is 1.60. The summed E-state index contributed by atoms with van der Waals surface area (Å²) in [6.45, 7) is 3.77. The molecule has 2 aromatic rings. The first-order chi connectivity index (χ1) is 13.1. The van der Waals surface area contributed by atoms with Gasteiger partial charge in [-0.2, -0.15) is 0 Å². The van der Waals surface area contributed by atoms with Crippen LogP contribution in [0.1, 0.15) is 23.6 Å². The molecule has 0 unspecified atom stereocenters. The Morgan fingerprint density at radius 1 is 0.889 bits per heavy atom. The third kappa shape index (κ3) is 2.43. The van der Waals surface area contributed by atoms with E-state index in [1.54, 1.807) is 0 Å². The standard InChI is InChI=1S/C21H20BrN3O2/c1-13-7-9-14(10-8-13)18-17-19(24-12-4-11-23(18)24)21(27)25(20(17)26)16-6-3-2-5-15(16)22/h2-3,5-10,17-19H,4,11-12H2,1H3/t17-,18+,19+/m1/s1. The minimum Gasteiger partial charge on any atom is -0.274 e. The first-order valence-electron chi connectivity index (χ1n) is 9.30. The number of aryl methyl sites for hydroxylation is 1. The number of para-hydroxylation sites is 1. The second-order valence-corrected chi connectivity index (χ2v) is 8.32. The monoisotopic (exact) mass is 425 g/mol. The van der Waals surface area contributed by atoms with E-state index in [0.29, 0.717) is 5.69 Å². The highest BCUT2D eigenvalue weighted by molar-refractivity contribution is 9.10. The molecule has 0 radical (unpaired) electrons. The van der Waals surface area contributed by atoms with Crippen molar-refractivity contribution in [3.05, 3.63) is 64.1 Å². The zero-order valence-corrected chi connectivity index (χ0v) is 16.6. The van der Waals surface area contributed by atoms with Gasteiger partial charge in [0.2, 0.25) is 5.91 Å². The van der Waals surface area contributed by atoms with E-state index < -0.39 is 6.04 Å². The lowest BCUT2D eigenvalue weighted by molar-refractivity contribution is -0.126. The maximum Gasteiger partial charge on any atom is 0.253 e. The number of imide groups is 1. The number of hydrazine groups is 1. The Labute approximate surface area is 166 Å². The van der Waals surface area contributed by atoms with Crippen LogP contribution in [0.4, 0.5) is 5.69 Å². The molecule has 0 aliphatic carbocycles. The van der Waals surface area contributed by atoms with Crippen LogP contribution in [0.25, 0.3) is 0 Å². The fourth-order valence-electron chi connectivity index (χ4n) is 4.75. The topological polar surface area (TPSA) is 43.9 Å². The van der Waals surface area contributed by atoms with Gasteiger partial charge in [0.25, 0.3) is 5.91 Å². The Kier molecular flexibility index (Phi) is 3.96. The van der Waals surface area contributed by atoms with E-state index >= 15 is 0 Å². The Morgan fingerprint density at radius 3 is 2.26 bits per heavy atom. The Morgan fingerprint density at radius 2 is 1.56 bits per heavy atom. The van der Waals surface area contributed by atoms with E-state index in [1.165, 1.54) is 10.5 Å². The van der Waals surface area contributed by atoms with Crippen LogP contribution in [0.5, 0.6) is 0 Å². The number of fused-ring (bicyclic) bond motifs is 3. The van der Waals surface area contributed by atoms with Crippen molar-refractivity contribution < 1.29 is 9.59 Å². The average molecular weight is 426 g/mol. The third-order valence-electron chi connectivity index (χ3n) is 5.92. The van der Waals surface area contributed by atoms with Crippen molar-refractivity contribution in [1.82, 2.24) is 10.0 Å². The van der Waals surface area contributed by atoms with Crippen LogP contribution in [-0.2, 0) is 9.59 Å². The number of anilines is 1. The van der Waals surface area contributed by atoms with Crippen molar-refractivity contribution in [2.75, 3.05) is 18.0 Å². The van der Waals surface area contributed by atoms with Crippen LogP contribution in [0.3, 0.4) is 0 Å². The lowest BCUT2D eigenvalue weighted by Crippen LogP contribution is -2.44. The number of carbonyl (C=O) groups excluding carboxylic acids is 2. The third-order valence-corrected chi connectivity index (χ3v) is 6.59. The fourth-order valence-corrected chi connectivity index (χ4v) is 5.21. The second-order valence-electron chi connectivity index (χ2n) is 7.47. The van der Waals surface area contributed by atoms with E-state index in [2.05, 4.69) is 57.1 Å². The van der Waals surface area contributed by atoms with Crippen LogP contribution >= 0.6 is 15.9 Å². The molecular weight excluding hydrogens is 406 g/mol. The van der Waals surface area contributed by atoms with Gasteiger partial charge in [0, 0.05) is 17.6 Å². The molecule has 2 aromatic carbocycles. The maximum absolute atomic E-state index is 13.5. The molecule has 0 bridgehead atoms. The minimum absolute atomic E-state index is 0.0814. The second kappa shape index (κ2) is 6.26. The van der Waals surface area contributed by atoms with Crippen LogP contribution in [0.15, 0.2) is 53.0 Å². The SMILES string of the molecule is Cc1ccc([C@H]2[C@H]3C(=O)N(c4ccccc4Br)C(=O)[C@H]3N3CCCN23)cc1. The van der Waals surface area contributed by atoms with Crippen molar-refractivity contribution in [2.24, 2.45) is 5.92 Å². The smallest absolute Gasteiger partial charge is 0.253 e. The molecule has 3 saturated heterocycles. The lowest BCUT2D eigenvalue weighted by Gasteiger charge is -2.30. The summed E-state index contributed by atoms with van der Waals surface area (Å²) in [4.78, 5) is 28.2. The minimum atomic E-state index is -0.404. The summed E-state index contributed by atoms with van der Waals surface area (Å²) >= 11 is 3.50. The van der Waals surface area contributed by atoms with Crippen LogP contribution in [0.2, 0.25) is 0 Å². The van der Waals surface area contributed by atoms with Crippen molar-refractivity contribution in [1.29, 1.82) is 0 Å². The number of hydrogen-bond donors (Lipinski definition) is 0. The predicted octanol–water partition coefficient (Wildman–Crippen LogP) is 3.29. The summed E-state index contributed by atoms with van der Waals surface area (Å²) in [5, 5.41) is 4.37. The van der Waals surface area contributed by atoms with E-state index in [1.807, 2.05) is 24.3 Å². The molecule has 2 amide bonds. The highest BCUT2D eigenvalue weighted by atomic mass is 79.9. The highest BCUT2D eigenvalue weighted by Gasteiger charge is 2.62. The summed E-state index contributed by atoms with van der Waals surface area (Å²) in [7, 11) is 0. The van der Waals surface area contributed by atoms with Gasteiger partial charge in [-0.25, -0.2) is 14.9 Å². The summed E-state index contributed by atoms with van der Waals surface area (Å²) in [6.07, 6.45) is 1.02. The van der Waals surface area contributed by atoms with E-state index in [-0.39, 0.29) is 23.8 Å². The molecule has 0 spiro atoms. The molecule has 3 aliphatic heterocycles. The molecule has 0 N–H and O–H groups in total. The largest absolute Gasteiger partial charge is 0.274 e. The first kappa shape index (κ1) is 17.1. The first-order valence-corrected chi connectivity index (χ1v) is 10.1. The van der Waals surface area contributed by atoms with E-state index in [0.717, 1.165) is 29.5 Å². The zero-order valence-electron chi connectivity index (χ0n) is 15.0. The number of hydrogen-bond acceptors (Lipinski definition) is 4. The van der Waals surface area contributed by atoms with Gasteiger partial charge in [-0.3, -0.25) is 9.59 Å². The van der Waals surface area contributed by atoms with E-state index in [4.69, 9.17) is 0 Å². The normalized spacial score (nSPS) is 28.1. The van der Waals surface area contributed by atoms with Crippen LogP contribution < -0.4 is 4.90 Å². The molecule has 0 aromatic heterocycles. The van der Waals surface area contributed by atoms with Crippen LogP contribution in [-0.4, -0.2) is 41.0 Å². The van der Waals surface area contributed by atoms with Gasteiger partial charge in [-0.1, -0.05) is 42.0 Å². The number of benzene rings is 2. The van der Waals surface area contributed by atoms with Gasteiger partial charge in [0.1, 0.15) is 6.04 Å². The molecule has 138 valence electrons. The summed E-state index contributed by atoms with van der Waals surface area (Å²) < 4.78 is 0.761. The van der Waals surface area contributed by atoms with Crippen molar-refractivity contribution in [2.45, 2.75) is 25.4 Å². The summed E-state index contributed by atoms with van der Waals surface area (Å²) in [5.41, 5.74) is 2.93. The fraction of sp³-hybridized carbons (Fsp3) is 0.333. The van der Waals surface area contributed by atoms with E-state index in [9.17, 15) is 9.59 Å². The number of rotatable bonds is 2. The van der Waals surface area contributed by atoms with Gasteiger partial charge in [-0.15, -0.1) is 0 Å². The molecule has 5 nitrogen and oxygen atoms in total. The summed E-state index contributed by atoms with van der Waals surface area (Å²) in [5.74, 6) is -0.581. The van der Waals surface area contributed by atoms with Crippen LogP contribution in [0, 0.1) is 12.8 Å². The Hall–Kier alpha value is -2.02. The molecule has 27 heavy (non-hydrogen) atoms. The zero-order chi connectivity index (χ0) is 18.7. The summed E-state index contributed by atoms with van der Waals surface area (Å²) in [6, 6.07) is 15.3. The van der Waals surface area contributed by atoms with Gasteiger partial charge in [-0.05, 0) is 47.0 Å². The molecule has 0 saturated carbocycles. The number of carbonyl (C=O) groups is 2. The average Bonchev–Trinajstić information content (AvgIpc) is 3.30. The van der Waals surface area contributed by atoms with Crippen molar-refractivity contribution in [3.8, 4) is 0 Å². The van der Waals surface area contributed by atoms with Gasteiger partial charge in [0.15, 0.2) is 0 Å². The quantitative estimate of drug-likeness (QED) is 0.692. The highest BCUT2D eigenvalue weighted by Crippen LogP contribution is 2.49. The molecule has 3 atom stereocenters. The molecule has 6 heteroatoms. The predicted molar refractivity (Wildman–Crippen MR) is 106 cm³/mol. The molecular formula is C21H20BrN3O2. The van der Waals surface area contributed by atoms with Crippen molar-refractivity contribution in [3.63, 3.8) is 0 Å². The molecule has 3 aliphatic rings. The molecule has 3 fully saturated rings. The number of amides is 2. The number of halogens is 1. The number of nitrogens with zero attached hydrogens (tertiary/aromatic N) is 3. The lowest BCUT2D eigenvalue weighted by atomic mass is 9.89. The molecule has 3 heterocycles. The van der Waals surface area contributed by atoms with Gasteiger partial charge < -0.3 is 0 Å².